The molecule has 228 valence electrons. The third-order valence-electron chi connectivity index (χ3n) is 7.95. The normalized spacial score (nSPS) is 20.1. The monoisotopic (exact) mass is 635 g/mol. The lowest BCUT2D eigenvalue weighted by atomic mass is 9.88. The molecule has 2 fully saturated rings. The predicted octanol–water partition coefficient (Wildman–Crippen LogP) is 2.97. The molecule has 0 bridgehead atoms. The topological polar surface area (TPSA) is 134 Å². The van der Waals surface area contributed by atoms with Gasteiger partial charge in [-0.05, 0) is 84.9 Å². The summed E-state index contributed by atoms with van der Waals surface area (Å²) in [5.41, 5.74) is 2.70. The van der Waals surface area contributed by atoms with Crippen molar-refractivity contribution in [2.75, 3.05) is 39.9 Å². The minimum atomic E-state index is -3.63. The van der Waals surface area contributed by atoms with E-state index in [0.29, 0.717) is 43.2 Å². The first-order chi connectivity index (χ1) is 20.0. The molecule has 0 saturated carbocycles. The first-order valence-corrected chi connectivity index (χ1v) is 17.7. The molecule has 2 aliphatic rings. The second kappa shape index (κ2) is 12.7. The van der Waals surface area contributed by atoms with E-state index < -0.39 is 26.2 Å². The maximum atomic E-state index is 13.5. The van der Waals surface area contributed by atoms with E-state index in [1.807, 2.05) is 18.4 Å². The second-order valence-electron chi connectivity index (χ2n) is 10.9. The molecule has 0 radical (unpaired) electrons. The van der Waals surface area contributed by atoms with Crippen molar-refractivity contribution in [3.8, 4) is 16.9 Å². The molecule has 2 saturated heterocycles. The number of nitrogens with one attached hydrogen (secondary N) is 2. The van der Waals surface area contributed by atoms with Crippen molar-refractivity contribution in [2.45, 2.75) is 53.7 Å². The Bertz CT molecular complexity index is 1600. The number of thiophene rings is 1. The number of aryl methyl sites for hydroxylation is 1. The minimum Gasteiger partial charge on any atom is -0.491 e. The van der Waals surface area contributed by atoms with E-state index >= 15 is 0 Å². The Labute approximate surface area is 251 Å². The van der Waals surface area contributed by atoms with Gasteiger partial charge in [0.2, 0.25) is 20.0 Å². The van der Waals surface area contributed by atoms with Crippen LogP contribution in [0.25, 0.3) is 11.1 Å². The van der Waals surface area contributed by atoms with Crippen LogP contribution in [0.2, 0.25) is 0 Å². The zero-order valence-electron chi connectivity index (χ0n) is 23.7. The van der Waals surface area contributed by atoms with Crippen molar-refractivity contribution in [3.63, 3.8) is 0 Å². The average molecular weight is 636 g/mol. The molecule has 1 spiro atoms. The van der Waals surface area contributed by atoms with Gasteiger partial charge in [-0.3, -0.25) is 0 Å². The molecule has 42 heavy (non-hydrogen) atoms. The zero-order valence-corrected chi connectivity index (χ0v) is 26.1. The number of hydrogen-bond donors (Lipinski definition) is 3. The molecule has 3 heterocycles. The summed E-state index contributed by atoms with van der Waals surface area (Å²) in [6.07, 6.45) is 1.12. The van der Waals surface area contributed by atoms with Crippen LogP contribution in [0.5, 0.6) is 5.75 Å². The summed E-state index contributed by atoms with van der Waals surface area (Å²) < 4.78 is 66.6. The smallest absolute Gasteiger partial charge is 0.243 e. The zero-order chi connectivity index (χ0) is 30.0. The van der Waals surface area contributed by atoms with Crippen LogP contribution in [0.4, 0.5) is 0 Å². The van der Waals surface area contributed by atoms with Crippen LogP contribution < -0.4 is 14.8 Å². The molecule has 3 aromatic rings. The third-order valence-corrected chi connectivity index (χ3v) is 12.1. The highest BCUT2D eigenvalue weighted by Crippen LogP contribution is 2.38. The van der Waals surface area contributed by atoms with Crippen LogP contribution in [0.15, 0.2) is 69.1 Å². The lowest BCUT2D eigenvalue weighted by Gasteiger charge is -2.38. The number of benzene rings is 2. The Morgan fingerprint density at radius 2 is 1.83 bits per heavy atom. The van der Waals surface area contributed by atoms with Gasteiger partial charge in [0.05, 0.1) is 22.0 Å². The van der Waals surface area contributed by atoms with Gasteiger partial charge in [-0.15, -0.1) is 0 Å². The highest BCUT2D eigenvalue weighted by molar-refractivity contribution is 7.89. The van der Waals surface area contributed by atoms with E-state index in [9.17, 15) is 21.9 Å². The quantitative estimate of drug-likeness (QED) is 0.293. The number of aliphatic hydroxyl groups excluding tert-OH is 1. The molecular weight excluding hydrogens is 599 g/mol. The van der Waals surface area contributed by atoms with Gasteiger partial charge in [0, 0.05) is 31.7 Å². The van der Waals surface area contributed by atoms with Crippen molar-refractivity contribution in [2.24, 2.45) is 0 Å². The summed E-state index contributed by atoms with van der Waals surface area (Å²) in [6.45, 7) is 3.54. The number of hydrogen-bond acceptors (Lipinski definition) is 9. The molecular formula is C29H37N3O7S3. The summed E-state index contributed by atoms with van der Waals surface area (Å²) in [4.78, 5) is 0.393. The Balaban J connectivity index is 1.10. The van der Waals surface area contributed by atoms with E-state index in [1.165, 1.54) is 19.2 Å². The number of aliphatic hydroxyl groups is 1. The van der Waals surface area contributed by atoms with Crippen LogP contribution in [0.1, 0.15) is 24.8 Å². The molecule has 2 aliphatic heterocycles. The summed E-state index contributed by atoms with van der Waals surface area (Å²) in [7, 11) is -5.88. The van der Waals surface area contributed by atoms with Crippen LogP contribution in [0, 0.1) is 6.92 Å². The highest BCUT2D eigenvalue weighted by Gasteiger charge is 2.44. The lowest BCUT2D eigenvalue weighted by molar-refractivity contribution is -0.0312. The fourth-order valence-corrected chi connectivity index (χ4v) is 8.60. The standard InChI is InChI=1S/C29H37N3O7S3/c1-21-19-40-20-28(21)22-5-3-8-27(13-22)42(36,37)32-11-9-29(10-12-32)15-23(17-39-29)31-16-24(33)18-38-25-6-4-7-26(14-25)41(34,35)30-2/h3-8,13-14,19-20,23-24,30-31,33H,9-12,15-18H2,1-2H3/t23?,24-/m0/s1. The number of sulfonamides is 2. The van der Waals surface area contributed by atoms with Gasteiger partial charge in [-0.2, -0.15) is 15.6 Å². The Kier molecular flexibility index (Phi) is 9.40. The number of nitrogens with zero attached hydrogens (tertiary/aromatic N) is 1. The van der Waals surface area contributed by atoms with Gasteiger partial charge in [-0.1, -0.05) is 18.2 Å². The summed E-state index contributed by atoms with van der Waals surface area (Å²) in [6, 6.07) is 13.3. The first-order valence-electron chi connectivity index (χ1n) is 13.9. The fourth-order valence-electron chi connectivity index (χ4n) is 5.49. The van der Waals surface area contributed by atoms with Crippen molar-refractivity contribution in [1.82, 2.24) is 14.3 Å². The van der Waals surface area contributed by atoms with E-state index in [2.05, 4.69) is 15.4 Å². The van der Waals surface area contributed by atoms with Gasteiger partial charge in [0.1, 0.15) is 18.5 Å². The van der Waals surface area contributed by atoms with Crippen LogP contribution in [0.3, 0.4) is 0 Å². The molecule has 0 aliphatic carbocycles. The lowest BCUT2D eigenvalue weighted by Crippen LogP contribution is -2.47. The number of rotatable bonds is 11. The Morgan fingerprint density at radius 3 is 2.55 bits per heavy atom. The molecule has 1 unspecified atom stereocenters. The van der Waals surface area contributed by atoms with Gasteiger partial charge < -0.3 is 19.9 Å². The molecule has 10 nitrogen and oxygen atoms in total. The van der Waals surface area contributed by atoms with Crippen LogP contribution >= 0.6 is 11.3 Å². The maximum Gasteiger partial charge on any atom is 0.243 e. The Hall–Kier alpha value is -2.36. The first kappa shape index (κ1) is 31.1. The summed E-state index contributed by atoms with van der Waals surface area (Å²) >= 11 is 1.60. The van der Waals surface area contributed by atoms with E-state index in [-0.39, 0.29) is 29.7 Å². The van der Waals surface area contributed by atoms with Gasteiger partial charge in [-0.25, -0.2) is 21.6 Å². The van der Waals surface area contributed by atoms with E-state index in [0.717, 1.165) is 23.1 Å². The fraction of sp³-hybridized carbons (Fsp3) is 0.448. The van der Waals surface area contributed by atoms with Gasteiger partial charge >= 0.3 is 0 Å². The molecule has 13 heteroatoms. The van der Waals surface area contributed by atoms with Crippen molar-refractivity contribution >= 4 is 31.4 Å². The predicted molar refractivity (Wildman–Crippen MR) is 162 cm³/mol. The van der Waals surface area contributed by atoms with E-state index in [4.69, 9.17) is 9.47 Å². The Morgan fingerprint density at radius 1 is 1.10 bits per heavy atom. The number of piperidine rings is 1. The summed E-state index contributed by atoms with van der Waals surface area (Å²) in [5, 5.41) is 17.9. The highest BCUT2D eigenvalue weighted by atomic mass is 32.2. The molecule has 2 atom stereocenters. The maximum absolute atomic E-state index is 13.5. The minimum absolute atomic E-state index is 0.00519. The molecule has 1 aromatic heterocycles. The molecule has 3 N–H and O–H groups in total. The SMILES string of the molecule is CNS(=O)(=O)c1cccc(OC[C@@H](O)CNC2COC3(CCN(S(=O)(=O)c4cccc(-c5cscc5C)c4)CC3)C2)c1. The largest absolute Gasteiger partial charge is 0.491 e. The van der Waals surface area contributed by atoms with E-state index in [1.54, 1.807) is 46.0 Å². The molecule has 0 amide bonds. The molecule has 2 aromatic carbocycles. The average Bonchev–Trinajstić information content (AvgIpc) is 3.61. The van der Waals surface area contributed by atoms with Gasteiger partial charge in [0.15, 0.2) is 0 Å². The van der Waals surface area contributed by atoms with Crippen molar-refractivity contribution in [3.05, 3.63) is 64.9 Å². The number of ether oxygens (including phenoxy) is 2. The molecule has 5 rings (SSSR count). The van der Waals surface area contributed by atoms with Crippen LogP contribution in [-0.2, 0) is 24.8 Å². The third kappa shape index (κ3) is 6.89. The summed E-state index contributed by atoms with van der Waals surface area (Å²) in [5.74, 6) is 0.351. The van der Waals surface area contributed by atoms with Crippen molar-refractivity contribution < 1.29 is 31.4 Å². The second-order valence-corrected chi connectivity index (χ2v) is 15.4. The van der Waals surface area contributed by atoms with Crippen LogP contribution in [-0.4, -0.2) is 83.9 Å². The van der Waals surface area contributed by atoms with Gasteiger partial charge in [0.25, 0.3) is 0 Å². The van der Waals surface area contributed by atoms with Crippen molar-refractivity contribution in [1.29, 1.82) is 0 Å².